The molecule has 0 saturated carbocycles. The minimum atomic E-state index is -1.13. The first-order valence-electron chi connectivity index (χ1n) is 4.74. The van der Waals surface area contributed by atoms with Gasteiger partial charge in [0.15, 0.2) is 12.4 Å². The number of hydrogen-bond donors (Lipinski definition) is 1. The number of nitro groups is 1. The SMILES string of the molecule is N#CCOc1cc(C=CC(=O)O)ccc1[N+](=O)[O-]. The summed E-state index contributed by atoms with van der Waals surface area (Å²) in [5.74, 6) is -1.21. The monoisotopic (exact) mass is 248 g/mol. The summed E-state index contributed by atoms with van der Waals surface area (Å²) in [5, 5.41) is 27.5. The van der Waals surface area contributed by atoms with Gasteiger partial charge in [0.1, 0.15) is 6.07 Å². The zero-order chi connectivity index (χ0) is 13.5. The Labute approximate surface area is 102 Å². The lowest BCUT2D eigenvalue weighted by atomic mass is 10.2. The van der Waals surface area contributed by atoms with Crippen molar-refractivity contribution in [2.75, 3.05) is 6.61 Å². The molecule has 1 rings (SSSR count). The minimum absolute atomic E-state index is 0.0749. The zero-order valence-corrected chi connectivity index (χ0v) is 9.07. The Kier molecular flexibility index (Phi) is 4.40. The van der Waals surface area contributed by atoms with Crippen molar-refractivity contribution in [1.82, 2.24) is 0 Å². The molecule has 0 heterocycles. The van der Waals surface area contributed by atoms with E-state index in [2.05, 4.69) is 0 Å². The van der Waals surface area contributed by atoms with Crippen molar-refractivity contribution in [1.29, 1.82) is 5.26 Å². The molecular weight excluding hydrogens is 240 g/mol. The molecular formula is C11H8N2O5. The number of rotatable bonds is 5. The number of carboxylic acids is 1. The third-order valence-corrected chi connectivity index (χ3v) is 1.89. The van der Waals surface area contributed by atoms with Gasteiger partial charge in [0, 0.05) is 12.1 Å². The van der Waals surface area contributed by atoms with E-state index in [1.807, 2.05) is 0 Å². The van der Waals surface area contributed by atoms with Crippen molar-refractivity contribution in [2.45, 2.75) is 0 Å². The fourth-order valence-electron chi connectivity index (χ4n) is 1.18. The van der Waals surface area contributed by atoms with E-state index in [4.69, 9.17) is 15.1 Å². The van der Waals surface area contributed by atoms with Crippen LogP contribution in [0, 0.1) is 21.4 Å². The van der Waals surface area contributed by atoms with Crippen molar-refractivity contribution >= 4 is 17.7 Å². The molecule has 7 heteroatoms. The molecule has 0 aliphatic rings. The lowest BCUT2D eigenvalue weighted by molar-refractivity contribution is -0.385. The molecule has 0 radical (unpaired) electrons. The van der Waals surface area contributed by atoms with Crippen LogP contribution in [0.5, 0.6) is 5.75 Å². The van der Waals surface area contributed by atoms with E-state index in [-0.39, 0.29) is 18.0 Å². The van der Waals surface area contributed by atoms with Gasteiger partial charge in [-0.05, 0) is 23.8 Å². The molecule has 0 aliphatic carbocycles. The van der Waals surface area contributed by atoms with E-state index in [1.165, 1.54) is 24.3 Å². The Balaban J connectivity index is 3.09. The molecule has 0 fully saturated rings. The number of hydrogen-bond acceptors (Lipinski definition) is 5. The molecule has 0 bridgehead atoms. The summed E-state index contributed by atoms with van der Waals surface area (Å²) >= 11 is 0. The van der Waals surface area contributed by atoms with Gasteiger partial charge < -0.3 is 9.84 Å². The predicted molar refractivity (Wildman–Crippen MR) is 60.9 cm³/mol. The van der Waals surface area contributed by atoms with Gasteiger partial charge >= 0.3 is 11.7 Å². The number of nitro benzene ring substituents is 1. The first-order chi connectivity index (χ1) is 8.54. The van der Waals surface area contributed by atoms with Crippen LogP contribution >= 0.6 is 0 Å². The number of carbonyl (C=O) groups is 1. The van der Waals surface area contributed by atoms with Crippen LogP contribution in [0.15, 0.2) is 24.3 Å². The fraction of sp³-hybridized carbons (Fsp3) is 0.0909. The van der Waals surface area contributed by atoms with Gasteiger partial charge in [0.05, 0.1) is 4.92 Å². The Hall–Kier alpha value is -2.88. The summed E-state index contributed by atoms with van der Waals surface area (Å²) in [6.45, 7) is -0.326. The maximum Gasteiger partial charge on any atom is 0.328 e. The van der Waals surface area contributed by atoms with Gasteiger partial charge in [0.25, 0.3) is 0 Å². The van der Waals surface area contributed by atoms with E-state index in [0.717, 1.165) is 6.08 Å². The number of aliphatic carboxylic acids is 1. The molecule has 92 valence electrons. The molecule has 0 aromatic heterocycles. The molecule has 0 saturated heterocycles. The van der Waals surface area contributed by atoms with Crippen LogP contribution in [-0.4, -0.2) is 22.6 Å². The maximum absolute atomic E-state index is 10.7. The number of nitriles is 1. The van der Waals surface area contributed by atoms with Crippen LogP contribution in [-0.2, 0) is 4.79 Å². The van der Waals surface area contributed by atoms with Crippen LogP contribution in [0.3, 0.4) is 0 Å². The van der Waals surface area contributed by atoms with Crippen molar-refractivity contribution < 1.29 is 19.6 Å². The standard InChI is InChI=1S/C11H8N2O5/c12-5-6-18-10-7-8(2-4-11(14)15)1-3-9(10)13(16)17/h1-4,7H,6H2,(H,14,15). The van der Waals surface area contributed by atoms with Gasteiger partial charge in [-0.25, -0.2) is 4.79 Å². The lowest BCUT2D eigenvalue weighted by Crippen LogP contribution is -1.98. The molecule has 18 heavy (non-hydrogen) atoms. The second-order valence-corrected chi connectivity index (χ2v) is 3.10. The lowest BCUT2D eigenvalue weighted by Gasteiger charge is -2.03. The Morgan fingerprint density at radius 2 is 2.33 bits per heavy atom. The van der Waals surface area contributed by atoms with Gasteiger partial charge in [-0.2, -0.15) is 5.26 Å². The smallest absolute Gasteiger partial charge is 0.328 e. The fourth-order valence-corrected chi connectivity index (χ4v) is 1.18. The first-order valence-corrected chi connectivity index (χ1v) is 4.74. The Morgan fingerprint density at radius 1 is 1.61 bits per heavy atom. The summed E-state index contributed by atoms with van der Waals surface area (Å²) in [6.07, 6.45) is 2.17. The summed E-state index contributed by atoms with van der Waals surface area (Å²) in [6, 6.07) is 5.57. The maximum atomic E-state index is 10.7. The Morgan fingerprint density at radius 3 is 2.89 bits per heavy atom. The molecule has 0 unspecified atom stereocenters. The van der Waals surface area contributed by atoms with Crippen molar-refractivity contribution in [3.05, 3.63) is 40.0 Å². The highest BCUT2D eigenvalue weighted by atomic mass is 16.6. The summed E-state index contributed by atoms with van der Waals surface area (Å²) in [4.78, 5) is 20.4. The molecule has 7 nitrogen and oxygen atoms in total. The largest absolute Gasteiger partial charge is 0.478 e. The number of carboxylic acid groups (broad SMARTS) is 1. The average Bonchev–Trinajstić information content (AvgIpc) is 2.33. The average molecular weight is 248 g/mol. The van der Waals surface area contributed by atoms with Crippen LogP contribution in [0.25, 0.3) is 6.08 Å². The van der Waals surface area contributed by atoms with Crippen LogP contribution in [0.2, 0.25) is 0 Å². The van der Waals surface area contributed by atoms with Gasteiger partial charge in [-0.15, -0.1) is 0 Å². The number of benzene rings is 1. The zero-order valence-electron chi connectivity index (χ0n) is 9.07. The van der Waals surface area contributed by atoms with Crippen molar-refractivity contribution in [2.24, 2.45) is 0 Å². The van der Waals surface area contributed by atoms with E-state index < -0.39 is 10.9 Å². The van der Waals surface area contributed by atoms with Crippen molar-refractivity contribution in [3.8, 4) is 11.8 Å². The van der Waals surface area contributed by atoms with E-state index in [9.17, 15) is 14.9 Å². The topological polar surface area (TPSA) is 113 Å². The first kappa shape index (κ1) is 13.2. The highest BCUT2D eigenvalue weighted by Gasteiger charge is 2.14. The molecule has 1 aromatic rings. The van der Waals surface area contributed by atoms with Gasteiger partial charge in [-0.3, -0.25) is 10.1 Å². The van der Waals surface area contributed by atoms with Crippen LogP contribution in [0.1, 0.15) is 5.56 Å². The molecule has 0 aliphatic heterocycles. The summed E-state index contributed by atoms with van der Waals surface area (Å²) in [7, 11) is 0. The number of ether oxygens (including phenoxy) is 1. The van der Waals surface area contributed by atoms with Gasteiger partial charge in [-0.1, -0.05) is 0 Å². The Bertz CT molecular complexity index is 545. The third-order valence-electron chi connectivity index (χ3n) is 1.89. The molecule has 1 N–H and O–H groups in total. The molecule has 1 aromatic carbocycles. The summed E-state index contributed by atoms with van der Waals surface area (Å²) < 4.78 is 4.91. The number of nitrogens with zero attached hydrogens (tertiary/aromatic N) is 2. The predicted octanol–water partition coefficient (Wildman–Crippen LogP) is 1.59. The second-order valence-electron chi connectivity index (χ2n) is 3.10. The van der Waals surface area contributed by atoms with Gasteiger partial charge in [0.2, 0.25) is 0 Å². The quantitative estimate of drug-likeness (QED) is 0.480. The second kappa shape index (κ2) is 6.00. The van der Waals surface area contributed by atoms with Crippen molar-refractivity contribution in [3.63, 3.8) is 0 Å². The minimum Gasteiger partial charge on any atom is -0.478 e. The van der Waals surface area contributed by atoms with E-state index in [1.54, 1.807) is 6.07 Å². The summed E-state index contributed by atoms with van der Waals surface area (Å²) in [5.41, 5.74) is 0.147. The third kappa shape index (κ3) is 3.61. The van der Waals surface area contributed by atoms with Crippen LogP contribution in [0.4, 0.5) is 5.69 Å². The van der Waals surface area contributed by atoms with E-state index in [0.29, 0.717) is 5.56 Å². The molecule has 0 atom stereocenters. The normalized spacial score (nSPS) is 9.94. The highest BCUT2D eigenvalue weighted by Crippen LogP contribution is 2.28. The van der Waals surface area contributed by atoms with E-state index >= 15 is 0 Å². The van der Waals surface area contributed by atoms with Crippen LogP contribution < -0.4 is 4.74 Å². The molecule has 0 spiro atoms. The highest BCUT2D eigenvalue weighted by molar-refractivity contribution is 5.85. The molecule has 0 amide bonds.